The van der Waals surface area contributed by atoms with E-state index in [1.165, 1.54) is 6.07 Å². The molecule has 1 aromatic rings. The van der Waals surface area contributed by atoms with E-state index in [1.807, 2.05) is 19.6 Å². The maximum absolute atomic E-state index is 11.3. The normalized spacial score (nSPS) is 11.3. The van der Waals surface area contributed by atoms with Crippen LogP contribution in [0.5, 0.6) is 0 Å². The molecular weight excluding hydrogens is 236 g/mol. The van der Waals surface area contributed by atoms with E-state index in [1.54, 1.807) is 13.0 Å². The van der Waals surface area contributed by atoms with Crippen LogP contribution in [0.4, 0.5) is 0 Å². The molecule has 0 radical (unpaired) electrons. The van der Waals surface area contributed by atoms with E-state index in [0.29, 0.717) is 5.56 Å². The van der Waals surface area contributed by atoms with E-state index in [9.17, 15) is 14.7 Å². The summed E-state index contributed by atoms with van der Waals surface area (Å²) in [5.41, 5.74) is 0.554. The number of rotatable bonds is 3. The van der Waals surface area contributed by atoms with E-state index >= 15 is 0 Å². The zero-order chi connectivity index (χ0) is 13.4. The fraction of sp³-hybridized carbons (Fsp3) is 0.333. The van der Waals surface area contributed by atoms with Gasteiger partial charge in [-0.15, -0.1) is 0 Å². The highest BCUT2D eigenvalue weighted by molar-refractivity contribution is 6.89. The van der Waals surface area contributed by atoms with Crippen molar-refractivity contribution < 1.29 is 19.8 Å². The summed E-state index contributed by atoms with van der Waals surface area (Å²) >= 11 is 0. The molecule has 0 bridgehead atoms. The van der Waals surface area contributed by atoms with Gasteiger partial charge >= 0.3 is 11.9 Å². The van der Waals surface area contributed by atoms with Gasteiger partial charge in [-0.05, 0) is 23.7 Å². The van der Waals surface area contributed by atoms with Crippen molar-refractivity contribution in [3.05, 3.63) is 28.8 Å². The van der Waals surface area contributed by atoms with Gasteiger partial charge in [0.25, 0.3) is 0 Å². The van der Waals surface area contributed by atoms with Crippen molar-refractivity contribution in [2.75, 3.05) is 0 Å². The first-order valence-electron chi connectivity index (χ1n) is 5.27. The molecule has 4 nitrogen and oxygen atoms in total. The second kappa shape index (κ2) is 4.33. The second-order valence-corrected chi connectivity index (χ2v) is 10.1. The average Bonchev–Trinajstić information content (AvgIpc) is 2.14. The molecule has 0 fully saturated rings. The lowest BCUT2D eigenvalue weighted by Crippen LogP contribution is -2.42. The van der Waals surface area contributed by atoms with Crippen molar-refractivity contribution in [2.45, 2.75) is 26.6 Å². The van der Waals surface area contributed by atoms with Crippen LogP contribution in [0.1, 0.15) is 26.3 Å². The highest BCUT2D eigenvalue weighted by atomic mass is 28.3. The summed E-state index contributed by atoms with van der Waals surface area (Å²) in [4.78, 5) is 22.3. The van der Waals surface area contributed by atoms with Crippen LogP contribution in [0.3, 0.4) is 0 Å². The quantitative estimate of drug-likeness (QED) is 0.806. The van der Waals surface area contributed by atoms with Gasteiger partial charge in [0.15, 0.2) is 0 Å². The zero-order valence-corrected chi connectivity index (χ0v) is 11.4. The van der Waals surface area contributed by atoms with Crippen molar-refractivity contribution in [3.63, 3.8) is 0 Å². The number of carboxylic acid groups (broad SMARTS) is 2. The van der Waals surface area contributed by atoms with Gasteiger partial charge in [0.05, 0.1) is 19.2 Å². The predicted octanol–water partition coefficient (Wildman–Crippen LogP) is 1.94. The van der Waals surface area contributed by atoms with Gasteiger partial charge in [-0.3, -0.25) is 0 Å². The van der Waals surface area contributed by atoms with Crippen LogP contribution in [0, 0.1) is 6.92 Å². The monoisotopic (exact) mass is 252 g/mol. The molecule has 17 heavy (non-hydrogen) atoms. The lowest BCUT2D eigenvalue weighted by Gasteiger charge is -2.21. The van der Waals surface area contributed by atoms with Crippen LogP contribution in [0.25, 0.3) is 0 Å². The number of carboxylic acids is 2. The molecule has 1 rings (SSSR count). The summed E-state index contributed by atoms with van der Waals surface area (Å²) in [6, 6.07) is 3.14. The smallest absolute Gasteiger partial charge is 0.335 e. The van der Waals surface area contributed by atoms with Crippen molar-refractivity contribution in [1.82, 2.24) is 0 Å². The minimum absolute atomic E-state index is 0.0596. The van der Waals surface area contributed by atoms with Crippen LogP contribution in [-0.2, 0) is 0 Å². The van der Waals surface area contributed by atoms with E-state index in [-0.39, 0.29) is 11.1 Å². The third-order valence-corrected chi connectivity index (χ3v) is 4.75. The molecule has 1 aromatic carbocycles. The maximum Gasteiger partial charge on any atom is 0.335 e. The molecule has 0 atom stereocenters. The molecule has 0 unspecified atom stereocenters. The number of hydrogen-bond acceptors (Lipinski definition) is 2. The molecule has 0 saturated heterocycles. The third kappa shape index (κ3) is 2.55. The Hall–Kier alpha value is -1.62. The Balaban J connectivity index is 3.63. The van der Waals surface area contributed by atoms with Crippen LogP contribution in [0.15, 0.2) is 12.1 Å². The minimum atomic E-state index is -1.80. The Morgan fingerprint density at radius 2 is 1.59 bits per heavy atom. The summed E-state index contributed by atoms with van der Waals surface area (Å²) in [5.74, 6) is -2.14. The lowest BCUT2D eigenvalue weighted by atomic mass is 10.0. The minimum Gasteiger partial charge on any atom is -0.478 e. The molecule has 0 aliphatic rings. The zero-order valence-electron chi connectivity index (χ0n) is 10.4. The summed E-state index contributed by atoms with van der Waals surface area (Å²) in [6.45, 7) is 7.66. The van der Waals surface area contributed by atoms with E-state index in [2.05, 4.69) is 0 Å². The van der Waals surface area contributed by atoms with Gasteiger partial charge in [-0.2, -0.15) is 0 Å². The molecule has 0 saturated carbocycles. The number of carbonyl (C=O) groups is 2. The number of aromatic carboxylic acids is 2. The van der Waals surface area contributed by atoms with Crippen LogP contribution < -0.4 is 5.19 Å². The average molecular weight is 252 g/mol. The van der Waals surface area contributed by atoms with Gasteiger partial charge in [-0.25, -0.2) is 9.59 Å². The van der Waals surface area contributed by atoms with Gasteiger partial charge in [-0.1, -0.05) is 25.7 Å². The van der Waals surface area contributed by atoms with Crippen molar-refractivity contribution >= 4 is 25.2 Å². The Bertz CT molecular complexity index is 486. The highest BCUT2D eigenvalue weighted by Crippen LogP contribution is 2.16. The van der Waals surface area contributed by atoms with Crippen LogP contribution >= 0.6 is 0 Å². The number of hydrogen-bond donors (Lipinski definition) is 2. The number of benzene rings is 1. The van der Waals surface area contributed by atoms with Gasteiger partial charge < -0.3 is 10.2 Å². The van der Waals surface area contributed by atoms with Gasteiger partial charge in [0, 0.05) is 0 Å². The first-order valence-corrected chi connectivity index (χ1v) is 8.77. The Labute approximate surface area is 101 Å². The summed E-state index contributed by atoms with van der Waals surface area (Å²) in [6.07, 6.45) is 0. The molecular formula is C12H16O4Si. The van der Waals surface area contributed by atoms with Crippen LogP contribution in [0.2, 0.25) is 19.6 Å². The Morgan fingerprint density at radius 3 is 1.94 bits per heavy atom. The van der Waals surface area contributed by atoms with Gasteiger partial charge in [0.2, 0.25) is 0 Å². The van der Waals surface area contributed by atoms with Crippen molar-refractivity contribution in [2.24, 2.45) is 0 Å². The predicted molar refractivity (Wildman–Crippen MR) is 68.1 cm³/mol. The third-order valence-electron chi connectivity index (χ3n) is 2.72. The van der Waals surface area contributed by atoms with Crippen molar-refractivity contribution in [1.29, 1.82) is 0 Å². The molecule has 5 heteroatoms. The molecule has 0 spiro atoms. The maximum atomic E-state index is 11.3. The molecule has 2 N–H and O–H groups in total. The standard InChI is InChI=1S/C12H16O4Si/c1-7-8(11(13)14)5-6-9(17(2,3)4)10(7)12(15)16/h5-6H,1-4H3,(H,13,14)(H,15,16). The molecule has 0 aliphatic heterocycles. The topological polar surface area (TPSA) is 74.6 Å². The van der Waals surface area contributed by atoms with E-state index in [0.717, 1.165) is 5.19 Å². The van der Waals surface area contributed by atoms with Crippen LogP contribution in [-0.4, -0.2) is 30.2 Å². The Morgan fingerprint density at radius 1 is 1.06 bits per heavy atom. The highest BCUT2D eigenvalue weighted by Gasteiger charge is 2.27. The summed E-state index contributed by atoms with van der Waals surface area (Å²) in [7, 11) is -1.80. The second-order valence-electron chi connectivity index (χ2n) is 5.02. The molecule has 0 heterocycles. The SMILES string of the molecule is Cc1c(C(=O)O)ccc([Si](C)(C)C)c1C(=O)O. The molecule has 0 aromatic heterocycles. The van der Waals surface area contributed by atoms with Gasteiger partial charge in [0.1, 0.15) is 0 Å². The van der Waals surface area contributed by atoms with E-state index < -0.39 is 20.0 Å². The van der Waals surface area contributed by atoms with E-state index in [4.69, 9.17) is 5.11 Å². The summed E-state index contributed by atoms with van der Waals surface area (Å²) in [5, 5.41) is 19.0. The summed E-state index contributed by atoms with van der Waals surface area (Å²) < 4.78 is 0. The fourth-order valence-electron chi connectivity index (χ4n) is 1.84. The first kappa shape index (κ1) is 13.4. The molecule has 0 aliphatic carbocycles. The van der Waals surface area contributed by atoms with Crippen molar-refractivity contribution in [3.8, 4) is 0 Å². The molecule has 0 amide bonds. The largest absolute Gasteiger partial charge is 0.478 e. The lowest BCUT2D eigenvalue weighted by molar-refractivity contribution is 0.0696. The first-order chi connectivity index (χ1) is 7.66. The Kier molecular flexibility index (Phi) is 3.42. The fourth-order valence-corrected chi connectivity index (χ4v) is 3.47. The molecule has 92 valence electrons.